The largest absolute Gasteiger partial charge is 0.454 e. The molecule has 2 heterocycles. The van der Waals surface area contributed by atoms with Crippen LogP contribution in [0.25, 0.3) is 10.9 Å². The van der Waals surface area contributed by atoms with E-state index in [9.17, 15) is 4.79 Å². The molecule has 0 bridgehead atoms. The van der Waals surface area contributed by atoms with Gasteiger partial charge in [0.2, 0.25) is 0 Å². The molecule has 7 nitrogen and oxygen atoms in total. The number of esters is 1. The lowest BCUT2D eigenvalue weighted by Crippen LogP contribution is -2.17. The predicted molar refractivity (Wildman–Crippen MR) is 100 cm³/mol. The normalized spacial score (nSPS) is 13.5. The predicted octanol–water partition coefficient (Wildman–Crippen LogP) is 3.26. The fourth-order valence-corrected chi connectivity index (χ4v) is 3.62. The minimum absolute atomic E-state index is 0.0704. The van der Waals surface area contributed by atoms with Gasteiger partial charge in [-0.25, -0.2) is 9.48 Å². The van der Waals surface area contributed by atoms with E-state index in [4.69, 9.17) is 9.72 Å². The van der Waals surface area contributed by atoms with Crippen LogP contribution in [0, 0.1) is 0 Å². The molecule has 4 rings (SSSR count). The van der Waals surface area contributed by atoms with Crippen molar-refractivity contribution in [1.29, 1.82) is 0 Å². The summed E-state index contributed by atoms with van der Waals surface area (Å²) < 4.78 is 7.34. The van der Waals surface area contributed by atoms with Crippen molar-refractivity contribution in [3.8, 4) is 0 Å². The smallest absolute Gasteiger partial charge is 0.339 e. The highest BCUT2D eigenvalue weighted by Gasteiger charge is 2.24. The van der Waals surface area contributed by atoms with Crippen LogP contribution < -0.4 is 0 Å². The van der Waals surface area contributed by atoms with Gasteiger partial charge in [-0.05, 0) is 54.2 Å². The molecule has 0 saturated heterocycles. The number of aryl methyl sites for hydroxylation is 2. The molecule has 3 aromatic rings. The van der Waals surface area contributed by atoms with Crippen molar-refractivity contribution in [2.24, 2.45) is 0 Å². The van der Waals surface area contributed by atoms with Crippen LogP contribution in [0.2, 0.25) is 0 Å². The first-order valence-corrected chi connectivity index (χ1v) is 9.60. The third-order valence-corrected chi connectivity index (χ3v) is 5.04. The maximum absolute atomic E-state index is 13.0. The monoisotopic (exact) mass is 365 g/mol. The first-order valence-electron chi connectivity index (χ1n) is 9.60. The molecule has 0 atom stereocenters. The number of rotatable bonds is 6. The van der Waals surface area contributed by atoms with Crippen LogP contribution in [-0.2, 0) is 30.7 Å². The number of pyridine rings is 1. The highest BCUT2D eigenvalue weighted by molar-refractivity contribution is 6.05. The zero-order valence-electron chi connectivity index (χ0n) is 15.5. The van der Waals surface area contributed by atoms with Crippen molar-refractivity contribution < 1.29 is 9.53 Å². The van der Waals surface area contributed by atoms with E-state index in [0.29, 0.717) is 11.4 Å². The Labute approximate surface area is 157 Å². The number of ether oxygens (including phenoxy) is 1. The van der Waals surface area contributed by atoms with Gasteiger partial charge in [-0.15, -0.1) is 5.10 Å². The summed E-state index contributed by atoms with van der Waals surface area (Å²) in [5.74, 6) is 0.251. The number of hydrogen-bond acceptors (Lipinski definition) is 6. The van der Waals surface area contributed by atoms with Crippen LogP contribution in [0.15, 0.2) is 24.3 Å². The van der Waals surface area contributed by atoms with Crippen molar-refractivity contribution in [2.75, 3.05) is 0 Å². The average Bonchev–Trinajstić information content (AvgIpc) is 3.16. The number of hydrogen-bond donors (Lipinski definition) is 0. The number of fused-ring (bicyclic) bond motifs is 2. The second-order valence-electron chi connectivity index (χ2n) is 6.88. The van der Waals surface area contributed by atoms with E-state index >= 15 is 0 Å². The minimum atomic E-state index is -0.322. The molecule has 1 aliphatic rings. The zero-order chi connectivity index (χ0) is 18.6. The summed E-state index contributed by atoms with van der Waals surface area (Å²) in [7, 11) is 0. The average molecular weight is 365 g/mol. The van der Waals surface area contributed by atoms with Gasteiger partial charge in [-0.1, -0.05) is 31.5 Å². The lowest BCUT2D eigenvalue weighted by Gasteiger charge is -2.19. The van der Waals surface area contributed by atoms with Crippen molar-refractivity contribution in [3.05, 3.63) is 46.9 Å². The van der Waals surface area contributed by atoms with Gasteiger partial charge in [0.1, 0.15) is 0 Å². The number of unbranched alkanes of at least 4 members (excludes halogenated alkanes) is 1. The molecule has 0 N–H and O–H groups in total. The highest BCUT2D eigenvalue weighted by Crippen LogP contribution is 2.29. The first kappa shape index (κ1) is 17.6. The van der Waals surface area contributed by atoms with E-state index in [1.807, 2.05) is 24.3 Å². The maximum atomic E-state index is 13.0. The summed E-state index contributed by atoms with van der Waals surface area (Å²) in [5, 5.41) is 12.5. The third-order valence-electron chi connectivity index (χ3n) is 5.04. The Balaban J connectivity index is 1.62. The van der Waals surface area contributed by atoms with E-state index < -0.39 is 0 Å². The van der Waals surface area contributed by atoms with Crippen LogP contribution in [0.3, 0.4) is 0 Å². The fraction of sp³-hybridized carbons (Fsp3) is 0.450. The zero-order valence-corrected chi connectivity index (χ0v) is 15.5. The molecular formula is C20H23N5O2. The van der Waals surface area contributed by atoms with Gasteiger partial charge in [-0.3, -0.25) is 4.98 Å². The van der Waals surface area contributed by atoms with Gasteiger partial charge >= 0.3 is 5.97 Å². The van der Waals surface area contributed by atoms with E-state index in [2.05, 4.69) is 22.4 Å². The highest BCUT2D eigenvalue weighted by atomic mass is 16.5. The molecule has 0 saturated carbocycles. The molecule has 0 amide bonds. The molecule has 1 aromatic carbocycles. The molecule has 0 unspecified atom stereocenters. The molecule has 0 fully saturated rings. The van der Waals surface area contributed by atoms with Crippen molar-refractivity contribution in [3.63, 3.8) is 0 Å². The Morgan fingerprint density at radius 2 is 2.07 bits per heavy atom. The van der Waals surface area contributed by atoms with Gasteiger partial charge in [0.05, 0.1) is 11.1 Å². The van der Waals surface area contributed by atoms with Gasteiger partial charge in [0.25, 0.3) is 0 Å². The maximum Gasteiger partial charge on any atom is 0.339 e. The molecule has 0 aliphatic heterocycles. The summed E-state index contributed by atoms with van der Waals surface area (Å²) in [4.78, 5) is 17.8. The van der Waals surface area contributed by atoms with Gasteiger partial charge in [0, 0.05) is 17.6 Å². The van der Waals surface area contributed by atoms with Gasteiger partial charge in [-0.2, -0.15) is 0 Å². The van der Waals surface area contributed by atoms with E-state index in [0.717, 1.165) is 67.2 Å². The molecule has 0 radical (unpaired) electrons. The number of carbonyl (C=O) groups excluding carboxylic acids is 1. The van der Waals surface area contributed by atoms with E-state index in [1.54, 1.807) is 4.68 Å². The van der Waals surface area contributed by atoms with Gasteiger partial charge < -0.3 is 4.74 Å². The van der Waals surface area contributed by atoms with Crippen molar-refractivity contribution in [1.82, 2.24) is 25.2 Å². The number of aromatic nitrogens is 5. The lowest BCUT2D eigenvalue weighted by molar-refractivity contribution is 0.0457. The summed E-state index contributed by atoms with van der Waals surface area (Å²) in [6.45, 7) is 2.91. The Morgan fingerprint density at radius 1 is 1.22 bits per heavy atom. The third kappa shape index (κ3) is 3.54. The Morgan fingerprint density at radius 3 is 2.96 bits per heavy atom. The second-order valence-corrected chi connectivity index (χ2v) is 6.88. The number of nitrogens with zero attached hydrogens (tertiary/aromatic N) is 5. The first-order chi connectivity index (χ1) is 13.3. The molecular weight excluding hydrogens is 342 g/mol. The second kappa shape index (κ2) is 7.82. The molecule has 140 valence electrons. The number of carbonyl (C=O) groups is 1. The standard InChI is InChI=1S/C20H23N5O2/c1-2-3-12-25-18(22-23-24-25)13-27-20(26)19-14-8-4-6-10-16(14)21-17-11-7-5-9-15(17)19/h4,6,8,10H,2-3,5,7,9,11-13H2,1H3. The molecule has 27 heavy (non-hydrogen) atoms. The minimum Gasteiger partial charge on any atom is -0.454 e. The SMILES string of the molecule is CCCCn1nnnc1COC(=O)c1c2c(nc3ccccc13)CCCC2. The van der Waals surface area contributed by atoms with Crippen molar-refractivity contribution >= 4 is 16.9 Å². The topological polar surface area (TPSA) is 82.8 Å². The Bertz CT molecular complexity index is 966. The van der Waals surface area contributed by atoms with E-state index in [-0.39, 0.29) is 12.6 Å². The summed E-state index contributed by atoms with van der Waals surface area (Å²) >= 11 is 0. The van der Waals surface area contributed by atoms with Crippen LogP contribution in [0.4, 0.5) is 0 Å². The quantitative estimate of drug-likeness (QED) is 0.624. The van der Waals surface area contributed by atoms with Crippen LogP contribution in [0.1, 0.15) is 60.0 Å². The lowest BCUT2D eigenvalue weighted by atomic mass is 9.90. The molecule has 0 spiro atoms. The van der Waals surface area contributed by atoms with Crippen LogP contribution in [-0.4, -0.2) is 31.2 Å². The Kier molecular flexibility index (Phi) is 5.09. The van der Waals surface area contributed by atoms with E-state index in [1.165, 1.54) is 0 Å². The Hall–Kier alpha value is -2.83. The molecule has 1 aliphatic carbocycles. The molecule has 2 aromatic heterocycles. The van der Waals surface area contributed by atoms with Gasteiger partial charge in [0.15, 0.2) is 12.4 Å². The summed E-state index contributed by atoms with van der Waals surface area (Å²) in [6, 6.07) is 7.77. The fourth-order valence-electron chi connectivity index (χ4n) is 3.62. The summed E-state index contributed by atoms with van der Waals surface area (Å²) in [6.07, 6.45) is 5.99. The number of benzene rings is 1. The van der Waals surface area contributed by atoms with Crippen LogP contribution >= 0.6 is 0 Å². The number of para-hydroxylation sites is 1. The van der Waals surface area contributed by atoms with Crippen molar-refractivity contribution in [2.45, 2.75) is 58.6 Å². The summed E-state index contributed by atoms with van der Waals surface area (Å²) in [5.41, 5.74) is 3.57. The van der Waals surface area contributed by atoms with Crippen LogP contribution in [0.5, 0.6) is 0 Å². The number of tetrazole rings is 1. The molecule has 7 heteroatoms.